The number of benzene rings is 3. The van der Waals surface area contributed by atoms with E-state index in [0.717, 1.165) is 39.9 Å². The molecular formula is C29H25ClN6O3S. The molecule has 0 aliphatic carbocycles. The molecule has 1 aliphatic heterocycles. The van der Waals surface area contributed by atoms with Gasteiger partial charge in [-0.3, -0.25) is 9.59 Å². The van der Waals surface area contributed by atoms with Crippen molar-refractivity contribution >= 4 is 52.2 Å². The molecule has 0 radical (unpaired) electrons. The number of amides is 2. The number of aryl methyl sites for hydroxylation is 1. The minimum absolute atomic E-state index is 0.0177. The van der Waals surface area contributed by atoms with Crippen LogP contribution in [0.25, 0.3) is 16.9 Å². The van der Waals surface area contributed by atoms with E-state index in [1.807, 2.05) is 73.8 Å². The zero-order valence-corrected chi connectivity index (χ0v) is 23.2. The molecule has 3 aromatic carbocycles. The van der Waals surface area contributed by atoms with Crippen LogP contribution in [-0.2, 0) is 9.59 Å². The number of halogens is 1. The standard InChI is InChI=1S/C29H25ClN6O3S/c1-18-8-11-21(14-24(18)30)32-26(37)15-25-28(38)33-29(40-25)34-31-16-20-17-36(22-6-4-3-5-7-22)35-27(20)19-9-12-23(39-2)13-10-19/h3-14,16-17,25H,15H2,1-2H3,(H,32,37)(H,33,34,38)/b31-16-/t25-/m1/s1. The highest BCUT2D eigenvalue weighted by atomic mass is 35.5. The van der Waals surface area contributed by atoms with E-state index in [9.17, 15) is 9.59 Å². The second kappa shape index (κ2) is 12.2. The predicted octanol–water partition coefficient (Wildman–Crippen LogP) is 5.46. The largest absolute Gasteiger partial charge is 0.497 e. The number of hydrogen-bond donors (Lipinski definition) is 2. The van der Waals surface area contributed by atoms with E-state index in [4.69, 9.17) is 21.4 Å². The Hall–Kier alpha value is -4.41. The fourth-order valence-corrected chi connectivity index (χ4v) is 5.05. The van der Waals surface area contributed by atoms with Gasteiger partial charge in [0, 0.05) is 34.5 Å². The number of thioether (sulfide) groups is 1. The van der Waals surface area contributed by atoms with Crippen LogP contribution in [0.3, 0.4) is 0 Å². The van der Waals surface area contributed by atoms with Crippen molar-refractivity contribution in [3.8, 4) is 22.7 Å². The number of rotatable bonds is 8. The third-order valence-electron chi connectivity index (χ3n) is 6.07. The molecule has 2 amide bonds. The maximum Gasteiger partial charge on any atom is 0.240 e. The Morgan fingerprint density at radius 2 is 1.95 bits per heavy atom. The fourth-order valence-electron chi connectivity index (χ4n) is 3.95. The Bertz CT molecular complexity index is 1600. The van der Waals surface area contributed by atoms with Crippen LogP contribution in [-0.4, -0.2) is 45.3 Å². The SMILES string of the molecule is COc1ccc(-c2nn(-c3ccccc3)cc2/C=N\N=C2\NC(=O)[C@@H](CC(=O)Nc3ccc(C)c(Cl)c3)S2)cc1. The van der Waals surface area contributed by atoms with Gasteiger partial charge in [-0.25, -0.2) is 4.68 Å². The van der Waals surface area contributed by atoms with Crippen LogP contribution < -0.4 is 15.4 Å². The van der Waals surface area contributed by atoms with Crippen LogP contribution in [0, 0.1) is 6.92 Å². The first-order chi connectivity index (χ1) is 19.4. The van der Waals surface area contributed by atoms with Gasteiger partial charge in [0.05, 0.1) is 19.0 Å². The maximum atomic E-state index is 12.5. The molecule has 1 fully saturated rings. The van der Waals surface area contributed by atoms with Gasteiger partial charge in [-0.05, 0) is 61.0 Å². The summed E-state index contributed by atoms with van der Waals surface area (Å²) in [5.41, 5.74) is 4.72. The van der Waals surface area contributed by atoms with Crippen molar-refractivity contribution < 1.29 is 14.3 Å². The maximum absolute atomic E-state index is 12.5. The van der Waals surface area contributed by atoms with Crippen molar-refractivity contribution in [1.29, 1.82) is 0 Å². The third kappa shape index (κ3) is 6.41. The normalized spacial score (nSPS) is 15.9. The van der Waals surface area contributed by atoms with Crippen molar-refractivity contribution in [2.24, 2.45) is 10.2 Å². The Kier molecular flexibility index (Phi) is 8.28. The molecule has 40 heavy (non-hydrogen) atoms. The molecular weight excluding hydrogens is 548 g/mol. The minimum atomic E-state index is -0.620. The van der Waals surface area contributed by atoms with Gasteiger partial charge in [-0.1, -0.05) is 47.6 Å². The lowest BCUT2D eigenvalue weighted by Gasteiger charge is -2.08. The Morgan fingerprint density at radius 1 is 1.18 bits per heavy atom. The molecule has 1 atom stereocenters. The number of carbonyl (C=O) groups is 2. The second-order valence-corrected chi connectivity index (χ2v) is 10.5. The highest BCUT2D eigenvalue weighted by molar-refractivity contribution is 8.15. The number of amidine groups is 1. The average molecular weight is 573 g/mol. The van der Waals surface area contributed by atoms with Gasteiger partial charge >= 0.3 is 0 Å². The topological polar surface area (TPSA) is 110 Å². The monoisotopic (exact) mass is 572 g/mol. The third-order valence-corrected chi connectivity index (χ3v) is 7.55. The zero-order valence-electron chi connectivity index (χ0n) is 21.7. The number of nitrogens with zero attached hydrogens (tertiary/aromatic N) is 4. The van der Waals surface area contributed by atoms with E-state index in [1.54, 1.807) is 30.1 Å². The van der Waals surface area contributed by atoms with Crippen molar-refractivity contribution in [2.75, 3.05) is 12.4 Å². The average Bonchev–Trinajstić information content (AvgIpc) is 3.54. The lowest BCUT2D eigenvalue weighted by molar-refractivity contribution is -0.122. The molecule has 2 heterocycles. The van der Waals surface area contributed by atoms with Gasteiger partial charge < -0.3 is 15.4 Å². The van der Waals surface area contributed by atoms with Crippen molar-refractivity contribution in [3.63, 3.8) is 0 Å². The summed E-state index contributed by atoms with van der Waals surface area (Å²) in [5.74, 6) is 0.148. The van der Waals surface area contributed by atoms with Crippen molar-refractivity contribution in [1.82, 2.24) is 15.1 Å². The van der Waals surface area contributed by atoms with Gasteiger partial charge in [-0.2, -0.15) is 10.2 Å². The molecule has 0 saturated carbocycles. The smallest absolute Gasteiger partial charge is 0.240 e. The Morgan fingerprint density at radius 3 is 2.67 bits per heavy atom. The summed E-state index contributed by atoms with van der Waals surface area (Å²) in [6, 6.07) is 22.6. The van der Waals surface area contributed by atoms with Gasteiger partial charge in [-0.15, -0.1) is 5.10 Å². The molecule has 1 saturated heterocycles. The van der Waals surface area contributed by atoms with Gasteiger partial charge in [0.2, 0.25) is 11.8 Å². The number of nitrogens with one attached hydrogen (secondary N) is 2. The molecule has 5 rings (SSSR count). The lowest BCUT2D eigenvalue weighted by atomic mass is 10.1. The molecule has 1 aromatic heterocycles. The van der Waals surface area contributed by atoms with E-state index in [0.29, 0.717) is 21.6 Å². The lowest BCUT2D eigenvalue weighted by Crippen LogP contribution is -2.28. The molecule has 0 bridgehead atoms. The van der Waals surface area contributed by atoms with E-state index in [2.05, 4.69) is 20.8 Å². The number of hydrogen-bond acceptors (Lipinski definition) is 7. The highest BCUT2D eigenvalue weighted by Crippen LogP contribution is 2.26. The Balaban J connectivity index is 1.30. The van der Waals surface area contributed by atoms with Gasteiger partial charge in [0.15, 0.2) is 5.17 Å². The molecule has 0 spiro atoms. The van der Waals surface area contributed by atoms with E-state index < -0.39 is 5.25 Å². The summed E-state index contributed by atoms with van der Waals surface area (Å²) in [6.45, 7) is 1.88. The summed E-state index contributed by atoms with van der Waals surface area (Å²) in [6.07, 6.45) is 3.44. The summed E-state index contributed by atoms with van der Waals surface area (Å²) in [7, 11) is 1.62. The molecule has 2 N–H and O–H groups in total. The van der Waals surface area contributed by atoms with Crippen LogP contribution in [0.4, 0.5) is 5.69 Å². The van der Waals surface area contributed by atoms with Crippen LogP contribution in [0.1, 0.15) is 17.5 Å². The second-order valence-electron chi connectivity index (χ2n) is 8.90. The van der Waals surface area contributed by atoms with Crippen molar-refractivity contribution in [2.45, 2.75) is 18.6 Å². The number of carbonyl (C=O) groups excluding carboxylic acids is 2. The summed E-state index contributed by atoms with van der Waals surface area (Å²) < 4.78 is 7.05. The van der Waals surface area contributed by atoms with Crippen LogP contribution >= 0.6 is 23.4 Å². The summed E-state index contributed by atoms with van der Waals surface area (Å²) >= 11 is 7.29. The first-order valence-electron chi connectivity index (χ1n) is 12.3. The first-order valence-corrected chi connectivity index (χ1v) is 13.6. The zero-order chi connectivity index (χ0) is 28.1. The number of ether oxygens (including phenoxy) is 1. The molecule has 4 aromatic rings. The molecule has 202 valence electrons. The number of anilines is 1. The van der Waals surface area contributed by atoms with Gasteiger partial charge in [0.1, 0.15) is 16.7 Å². The van der Waals surface area contributed by atoms with Crippen LogP contribution in [0.15, 0.2) is 89.2 Å². The van der Waals surface area contributed by atoms with Crippen molar-refractivity contribution in [3.05, 3.63) is 95.1 Å². The molecule has 11 heteroatoms. The van der Waals surface area contributed by atoms with Gasteiger partial charge in [0.25, 0.3) is 0 Å². The Labute approximate surface area is 240 Å². The summed E-state index contributed by atoms with van der Waals surface area (Å²) in [4.78, 5) is 25.0. The quantitative estimate of drug-likeness (QED) is 0.215. The van der Waals surface area contributed by atoms with Crippen LogP contribution in [0.5, 0.6) is 5.75 Å². The minimum Gasteiger partial charge on any atom is -0.497 e. The summed E-state index contributed by atoms with van der Waals surface area (Å²) in [5, 5.41) is 18.9. The van der Waals surface area contributed by atoms with E-state index >= 15 is 0 Å². The predicted molar refractivity (Wildman–Crippen MR) is 160 cm³/mol. The molecule has 9 nitrogen and oxygen atoms in total. The van der Waals surface area contributed by atoms with E-state index in [-0.39, 0.29) is 18.2 Å². The number of aromatic nitrogens is 2. The first kappa shape index (κ1) is 27.2. The molecule has 1 aliphatic rings. The highest BCUT2D eigenvalue weighted by Gasteiger charge is 2.32. The van der Waals surface area contributed by atoms with Crippen LogP contribution in [0.2, 0.25) is 5.02 Å². The fraction of sp³-hybridized carbons (Fsp3) is 0.138. The molecule has 0 unspecified atom stereocenters. The van der Waals surface area contributed by atoms with E-state index in [1.165, 1.54) is 0 Å². The number of para-hydroxylation sites is 1. The number of methoxy groups -OCH3 is 1.